The van der Waals surface area contributed by atoms with Crippen molar-refractivity contribution in [2.45, 2.75) is 19.3 Å². The van der Waals surface area contributed by atoms with Gasteiger partial charge in [0.2, 0.25) is 11.2 Å². The summed E-state index contributed by atoms with van der Waals surface area (Å²) < 4.78 is 2.64. The van der Waals surface area contributed by atoms with Crippen molar-refractivity contribution in [3.8, 4) is 5.95 Å². The van der Waals surface area contributed by atoms with Crippen LogP contribution in [0.5, 0.6) is 0 Å². The first-order chi connectivity index (χ1) is 9.22. The van der Waals surface area contributed by atoms with Crippen molar-refractivity contribution < 1.29 is 0 Å². The van der Waals surface area contributed by atoms with Crippen LogP contribution in [0.25, 0.3) is 5.95 Å². The maximum atomic E-state index is 5.99. The van der Waals surface area contributed by atoms with Crippen molar-refractivity contribution in [3.63, 3.8) is 0 Å². The molecule has 0 radical (unpaired) electrons. The maximum absolute atomic E-state index is 5.99. The first-order valence-corrected chi connectivity index (χ1v) is 7.55. The van der Waals surface area contributed by atoms with Gasteiger partial charge in [-0.1, -0.05) is 0 Å². The molecule has 2 aromatic heterocycles. The summed E-state index contributed by atoms with van der Waals surface area (Å²) in [5, 5.41) is 4.40. The van der Waals surface area contributed by atoms with Crippen molar-refractivity contribution >= 4 is 40.1 Å². The standard InChI is InChI=1S/C11H12ClIN6/c12-9-15-10(18-4-2-1-3-5-18)17-11(16-9)19-7-8(13)6-14-19/h6-7H,1-5H2. The summed E-state index contributed by atoms with van der Waals surface area (Å²) in [5.74, 6) is 1.10. The first kappa shape index (κ1) is 13.0. The Morgan fingerprint density at radius 3 is 2.47 bits per heavy atom. The van der Waals surface area contributed by atoms with Gasteiger partial charge in [0, 0.05) is 19.3 Å². The monoisotopic (exact) mass is 390 g/mol. The Hall–Kier alpha value is -0.960. The number of anilines is 1. The van der Waals surface area contributed by atoms with Crippen LogP contribution in [0.4, 0.5) is 5.95 Å². The van der Waals surface area contributed by atoms with Crippen molar-refractivity contribution in [1.29, 1.82) is 0 Å². The quantitative estimate of drug-likeness (QED) is 0.737. The van der Waals surface area contributed by atoms with Crippen LogP contribution in [-0.2, 0) is 0 Å². The molecule has 0 N–H and O–H groups in total. The largest absolute Gasteiger partial charge is 0.341 e. The van der Waals surface area contributed by atoms with Gasteiger partial charge in [0.15, 0.2) is 0 Å². The number of piperidine rings is 1. The fourth-order valence-electron chi connectivity index (χ4n) is 2.08. The maximum Gasteiger partial charge on any atom is 0.256 e. The van der Waals surface area contributed by atoms with E-state index in [0.29, 0.717) is 11.9 Å². The minimum absolute atomic E-state index is 0.205. The second-order valence-corrected chi connectivity index (χ2v) is 5.94. The predicted octanol–water partition coefficient (Wildman–Crippen LogP) is 2.31. The van der Waals surface area contributed by atoms with Crippen LogP contribution in [0.3, 0.4) is 0 Å². The Morgan fingerprint density at radius 2 is 1.79 bits per heavy atom. The number of halogens is 2. The van der Waals surface area contributed by atoms with Gasteiger partial charge in [-0.3, -0.25) is 0 Å². The lowest BCUT2D eigenvalue weighted by Gasteiger charge is -2.26. The molecule has 0 unspecified atom stereocenters. The highest BCUT2D eigenvalue weighted by Crippen LogP contribution is 2.18. The molecule has 3 heterocycles. The number of hydrogen-bond acceptors (Lipinski definition) is 5. The molecular formula is C11H12ClIN6. The summed E-state index contributed by atoms with van der Waals surface area (Å²) >= 11 is 8.18. The van der Waals surface area contributed by atoms with Crippen LogP contribution < -0.4 is 4.90 Å². The molecule has 1 saturated heterocycles. The molecule has 1 aliphatic heterocycles. The highest BCUT2D eigenvalue weighted by molar-refractivity contribution is 14.1. The molecule has 0 aliphatic carbocycles. The van der Waals surface area contributed by atoms with Crippen LogP contribution in [0.2, 0.25) is 5.28 Å². The number of nitrogens with zero attached hydrogens (tertiary/aromatic N) is 6. The zero-order valence-corrected chi connectivity index (χ0v) is 13.0. The van der Waals surface area contributed by atoms with E-state index >= 15 is 0 Å². The average molecular weight is 391 g/mol. The summed E-state index contributed by atoms with van der Waals surface area (Å²) in [6, 6.07) is 0. The lowest BCUT2D eigenvalue weighted by atomic mass is 10.1. The van der Waals surface area contributed by atoms with Gasteiger partial charge < -0.3 is 4.90 Å². The highest BCUT2D eigenvalue weighted by Gasteiger charge is 2.16. The topological polar surface area (TPSA) is 59.7 Å². The van der Waals surface area contributed by atoms with E-state index < -0.39 is 0 Å². The van der Waals surface area contributed by atoms with Crippen molar-refractivity contribution in [2.24, 2.45) is 0 Å². The Bertz CT molecular complexity index is 580. The summed E-state index contributed by atoms with van der Waals surface area (Å²) in [7, 11) is 0. The van der Waals surface area contributed by atoms with E-state index in [1.165, 1.54) is 6.42 Å². The molecule has 2 aromatic rings. The summed E-state index contributed by atoms with van der Waals surface area (Å²) in [6.45, 7) is 1.94. The van der Waals surface area contributed by atoms with E-state index in [0.717, 1.165) is 29.5 Å². The Kier molecular flexibility index (Phi) is 3.83. The molecule has 0 saturated carbocycles. The second-order valence-electron chi connectivity index (χ2n) is 4.36. The van der Waals surface area contributed by atoms with Crippen molar-refractivity contribution in [3.05, 3.63) is 21.2 Å². The predicted molar refractivity (Wildman–Crippen MR) is 80.7 cm³/mol. The summed E-state index contributed by atoms with van der Waals surface area (Å²) in [6.07, 6.45) is 7.20. The van der Waals surface area contributed by atoms with E-state index in [9.17, 15) is 0 Å². The smallest absolute Gasteiger partial charge is 0.256 e. The molecular weight excluding hydrogens is 379 g/mol. The molecule has 0 atom stereocenters. The van der Waals surface area contributed by atoms with Gasteiger partial charge in [-0.25, -0.2) is 4.68 Å². The molecule has 1 fully saturated rings. The Morgan fingerprint density at radius 1 is 1.05 bits per heavy atom. The van der Waals surface area contributed by atoms with Gasteiger partial charge in [0.25, 0.3) is 5.95 Å². The second kappa shape index (κ2) is 5.58. The zero-order valence-electron chi connectivity index (χ0n) is 10.1. The minimum atomic E-state index is 0.205. The molecule has 8 heteroatoms. The van der Waals surface area contributed by atoms with E-state index in [1.54, 1.807) is 10.9 Å². The van der Waals surface area contributed by atoms with E-state index in [4.69, 9.17) is 11.6 Å². The first-order valence-electron chi connectivity index (χ1n) is 6.09. The van der Waals surface area contributed by atoms with Gasteiger partial charge in [0.1, 0.15) is 0 Å². The zero-order chi connectivity index (χ0) is 13.2. The van der Waals surface area contributed by atoms with E-state index in [2.05, 4.69) is 47.5 Å². The average Bonchev–Trinajstić information content (AvgIpc) is 2.86. The molecule has 6 nitrogen and oxygen atoms in total. The Balaban J connectivity index is 1.95. The van der Waals surface area contributed by atoms with Crippen LogP contribution >= 0.6 is 34.2 Å². The third-order valence-electron chi connectivity index (χ3n) is 2.98. The van der Waals surface area contributed by atoms with E-state index in [1.807, 2.05) is 6.20 Å². The van der Waals surface area contributed by atoms with Crippen LogP contribution in [0, 0.1) is 3.57 Å². The van der Waals surface area contributed by atoms with E-state index in [-0.39, 0.29) is 5.28 Å². The van der Waals surface area contributed by atoms with Gasteiger partial charge in [-0.15, -0.1) is 0 Å². The van der Waals surface area contributed by atoms with Gasteiger partial charge in [0.05, 0.1) is 9.77 Å². The lowest BCUT2D eigenvalue weighted by Crippen LogP contribution is -2.31. The number of rotatable bonds is 2. The fourth-order valence-corrected chi connectivity index (χ4v) is 2.62. The van der Waals surface area contributed by atoms with Gasteiger partial charge in [-0.05, 0) is 53.5 Å². The minimum Gasteiger partial charge on any atom is -0.341 e. The molecule has 3 rings (SSSR count). The number of hydrogen-bond donors (Lipinski definition) is 0. The van der Waals surface area contributed by atoms with Crippen LogP contribution in [0.1, 0.15) is 19.3 Å². The third kappa shape index (κ3) is 2.97. The summed E-state index contributed by atoms with van der Waals surface area (Å²) in [5.41, 5.74) is 0. The Labute approximate surface area is 129 Å². The number of aromatic nitrogens is 5. The van der Waals surface area contributed by atoms with Crippen LogP contribution in [-0.4, -0.2) is 37.8 Å². The van der Waals surface area contributed by atoms with Crippen molar-refractivity contribution in [1.82, 2.24) is 24.7 Å². The SMILES string of the molecule is Clc1nc(N2CCCCC2)nc(-n2cc(I)cn2)n1. The normalized spacial score (nSPS) is 15.8. The molecule has 0 amide bonds. The highest BCUT2D eigenvalue weighted by atomic mass is 127. The van der Waals surface area contributed by atoms with Crippen LogP contribution in [0.15, 0.2) is 12.4 Å². The van der Waals surface area contributed by atoms with Crippen molar-refractivity contribution in [2.75, 3.05) is 18.0 Å². The van der Waals surface area contributed by atoms with Gasteiger partial charge in [-0.2, -0.15) is 20.1 Å². The molecule has 0 spiro atoms. The lowest BCUT2D eigenvalue weighted by molar-refractivity contribution is 0.566. The van der Waals surface area contributed by atoms with Gasteiger partial charge >= 0.3 is 0 Å². The summed E-state index contributed by atoms with van der Waals surface area (Å²) in [4.78, 5) is 14.9. The molecule has 19 heavy (non-hydrogen) atoms. The molecule has 1 aliphatic rings. The molecule has 0 aromatic carbocycles. The molecule has 0 bridgehead atoms. The fraction of sp³-hybridized carbons (Fsp3) is 0.455. The molecule has 100 valence electrons. The third-order valence-corrected chi connectivity index (χ3v) is 3.71.